The first-order valence-corrected chi connectivity index (χ1v) is 42.4. The maximum atomic E-state index is 13.1. The quantitative estimate of drug-likeness (QED) is 0.0169. The van der Waals surface area contributed by atoms with Crippen LogP contribution >= 0.6 is 15.6 Å². The topological polar surface area (TPSA) is 237 Å². The van der Waals surface area contributed by atoms with Gasteiger partial charge in [0.05, 0.1) is 26.4 Å². The van der Waals surface area contributed by atoms with Gasteiger partial charge in [-0.05, 0) is 167 Å². The van der Waals surface area contributed by atoms with Crippen molar-refractivity contribution >= 4 is 39.5 Å². The highest BCUT2D eigenvalue weighted by molar-refractivity contribution is 7.47. The van der Waals surface area contributed by atoms with Crippen LogP contribution in [0.25, 0.3) is 0 Å². The molecule has 0 aliphatic carbocycles. The summed E-state index contributed by atoms with van der Waals surface area (Å²) >= 11 is 0. The average molecular weight is 1490 g/mol. The summed E-state index contributed by atoms with van der Waals surface area (Å²) in [6.07, 6.45) is 89.1. The van der Waals surface area contributed by atoms with E-state index in [0.717, 1.165) is 205 Å². The first kappa shape index (κ1) is 98.4. The summed E-state index contributed by atoms with van der Waals surface area (Å²) in [4.78, 5) is 73.0. The van der Waals surface area contributed by atoms with Gasteiger partial charge in [-0.25, -0.2) is 9.13 Å². The molecule has 5 atom stereocenters. The van der Waals surface area contributed by atoms with Crippen LogP contribution in [0.3, 0.4) is 0 Å². The Hall–Kier alpha value is -5.58. The highest BCUT2D eigenvalue weighted by atomic mass is 31.2. The minimum atomic E-state index is -5.00. The molecular formula is C85H138O17P2. The molecule has 0 aliphatic heterocycles. The summed E-state index contributed by atoms with van der Waals surface area (Å²) in [5.74, 6) is -2.29. The maximum absolute atomic E-state index is 13.1. The van der Waals surface area contributed by atoms with Gasteiger partial charge in [0.1, 0.15) is 19.3 Å². The number of hydrogen-bond acceptors (Lipinski definition) is 15. The lowest BCUT2D eigenvalue weighted by molar-refractivity contribution is -0.161. The fraction of sp³-hybridized carbons (Fsp3) is 0.624. The number of carbonyl (C=O) groups is 4. The van der Waals surface area contributed by atoms with Gasteiger partial charge in [0, 0.05) is 25.7 Å². The molecule has 0 aliphatic rings. The highest BCUT2D eigenvalue weighted by Gasteiger charge is 2.30. The van der Waals surface area contributed by atoms with E-state index in [2.05, 4.69) is 198 Å². The molecule has 19 heteroatoms. The van der Waals surface area contributed by atoms with E-state index < -0.39 is 97.5 Å². The zero-order chi connectivity index (χ0) is 76.0. The zero-order valence-corrected chi connectivity index (χ0v) is 66.2. The molecule has 0 aromatic heterocycles. The van der Waals surface area contributed by atoms with E-state index in [1.807, 2.05) is 0 Å². The second-order valence-corrected chi connectivity index (χ2v) is 28.4. The van der Waals surface area contributed by atoms with Crippen LogP contribution in [0.1, 0.15) is 285 Å². The summed E-state index contributed by atoms with van der Waals surface area (Å²) in [5.41, 5.74) is 0. The van der Waals surface area contributed by atoms with Gasteiger partial charge in [-0.15, -0.1) is 0 Å². The van der Waals surface area contributed by atoms with E-state index in [4.69, 9.17) is 37.0 Å². The van der Waals surface area contributed by atoms with Crippen LogP contribution in [0.2, 0.25) is 0 Å². The van der Waals surface area contributed by atoms with Crippen LogP contribution in [-0.4, -0.2) is 96.7 Å². The third kappa shape index (κ3) is 74.7. The van der Waals surface area contributed by atoms with Gasteiger partial charge in [0.25, 0.3) is 0 Å². The van der Waals surface area contributed by atoms with Gasteiger partial charge < -0.3 is 33.8 Å². The molecule has 0 saturated heterocycles. The SMILES string of the molecule is CC/C=C\C/C=C\C/C=C\C/C=C\CCCCCCCCC(=O)OCC(COP(=O)(O)OCC(O)COP(=O)(O)OCC(COC(=O)CCCC/C=C\C/C=C\C/C=C\C/C=C\CC)OC(=O)CCCCCCC/C=C\C/C=C\C/C=C\CC)OC(=O)CCCCCCC/C=C\C/C=C\C/C=C\CC. The van der Waals surface area contributed by atoms with Gasteiger partial charge in [-0.3, -0.25) is 37.3 Å². The number of hydrogen-bond donors (Lipinski definition) is 3. The summed E-state index contributed by atoms with van der Waals surface area (Å²) in [7, 11) is -10.00. The van der Waals surface area contributed by atoms with Crippen LogP contribution in [0.15, 0.2) is 170 Å². The lowest BCUT2D eigenvalue weighted by atomic mass is 10.1. The van der Waals surface area contributed by atoms with Crippen molar-refractivity contribution in [3.05, 3.63) is 170 Å². The molecule has 0 fully saturated rings. The lowest BCUT2D eigenvalue weighted by Gasteiger charge is -2.21. The number of aliphatic hydroxyl groups is 1. The minimum Gasteiger partial charge on any atom is -0.462 e. The molecule has 0 saturated carbocycles. The van der Waals surface area contributed by atoms with Crippen LogP contribution in [0, 0.1) is 0 Å². The highest BCUT2D eigenvalue weighted by Crippen LogP contribution is 2.45. The average Bonchev–Trinajstić information content (AvgIpc) is 0.918. The molecule has 5 unspecified atom stereocenters. The fourth-order valence-corrected chi connectivity index (χ4v) is 11.4. The summed E-state index contributed by atoms with van der Waals surface area (Å²) in [6, 6.07) is 0. The second-order valence-electron chi connectivity index (χ2n) is 25.5. The van der Waals surface area contributed by atoms with Crippen LogP contribution < -0.4 is 0 Å². The molecule has 0 amide bonds. The lowest BCUT2D eigenvalue weighted by Crippen LogP contribution is -2.30. The normalized spacial score (nSPS) is 14.8. The molecule has 0 spiro atoms. The van der Waals surface area contributed by atoms with E-state index in [1.165, 1.54) is 0 Å². The number of esters is 4. The minimum absolute atomic E-state index is 0.0600. The number of phosphoric acid groups is 2. The van der Waals surface area contributed by atoms with Crippen molar-refractivity contribution in [1.29, 1.82) is 0 Å². The maximum Gasteiger partial charge on any atom is 0.472 e. The third-order valence-electron chi connectivity index (χ3n) is 15.7. The predicted octanol–water partition coefficient (Wildman–Crippen LogP) is 23.0. The molecule has 104 heavy (non-hydrogen) atoms. The van der Waals surface area contributed by atoms with Gasteiger partial charge in [0.2, 0.25) is 0 Å². The first-order chi connectivity index (χ1) is 50.7. The Labute approximate surface area is 629 Å². The van der Waals surface area contributed by atoms with Gasteiger partial charge in [-0.1, -0.05) is 262 Å². The summed E-state index contributed by atoms with van der Waals surface area (Å²) in [5, 5.41) is 10.6. The van der Waals surface area contributed by atoms with E-state index in [-0.39, 0.29) is 25.7 Å². The van der Waals surface area contributed by atoms with Crippen LogP contribution in [0.4, 0.5) is 0 Å². The summed E-state index contributed by atoms with van der Waals surface area (Å²) in [6.45, 7) is 4.30. The number of carbonyl (C=O) groups excluding carboxylic acids is 4. The zero-order valence-electron chi connectivity index (χ0n) is 64.4. The summed E-state index contributed by atoms with van der Waals surface area (Å²) < 4.78 is 68.5. The Kier molecular flexibility index (Phi) is 71.6. The van der Waals surface area contributed by atoms with Gasteiger partial charge in [-0.2, -0.15) is 0 Å². The Morgan fingerprint density at radius 2 is 0.471 bits per heavy atom. The Morgan fingerprint density at radius 1 is 0.269 bits per heavy atom. The Bertz CT molecular complexity index is 2640. The molecule has 0 heterocycles. The van der Waals surface area contributed by atoms with E-state index in [0.29, 0.717) is 25.7 Å². The van der Waals surface area contributed by atoms with E-state index >= 15 is 0 Å². The third-order valence-corrected chi connectivity index (χ3v) is 17.6. The molecule has 0 aromatic rings. The smallest absolute Gasteiger partial charge is 0.462 e. The molecule has 0 rings (SSSR count). The molecular weight excluding hydrogens is 1350 g/mol. The number of rotatable bonds is 72. The van der Waals surface area contributed by atoms with Crippen molar-refractivity contribution in [1.82, 2.24) is 0 Å². The second kappa shape index (κ2) is 75.6. The standard InChI is InChI=1S/C85H138O17P2/c1-5-9-13-17-21-25-29-33-37-38-39-40-44-46-50-54-58-62-66-70-83(88)96-76-81(102-85(90)72-68-64-60-56-52-48-43-36-32-28-24-20-16-12-8-4)78-100-104(93,94)98-74-79(86)73-97-103(91,92)99-77-80(101-84(89)71-67-63-59-55-51-47-42-35-31-27-23-19-15-11-7-3)75-95-82(87)69-65-61-57-53-49-45-41-34-30-26-22-18-14-10-6-2/h9-16,21-28,33-37,39-43,49,53,79-81,86H,5-8,17-20,29-32,38,44-48,50-52,54-78H2,1-4H3,(H,91,92)(H,93,94)/b13-9-,14-10-,15-11-,16-12-,25-21-,26-22-,27-23-,28-24-,37-33-,40-39-,41-34-,42-35-,43-36-,53-49-. The molecule has 0 radical (unpaired) electrons. The van der Waals surface area contributed by atoms with E-state index in [1.54, 1.807) is 0 Å². The molecule has 3 N–H and O–H groups in total. The van der Waals surface area contributed by atoms with Crippen molar-refractivity contribution in [3.63, 3.8) is 0 Å². The fourth-order valence-electron chi connectivity index (χ4n) is 9.82. The molecule has 0 aromatic carbocycles. The molecule has 590 valence electrons. The Morgan fingerprint density at radius 3 is 0.740 bits per heavy atom. The van der Waals surface area contributed by atoms with Crippen LogP contribution in [-0.2, 0) is 65.4 Å². The van der Waals surface area contributed by atoms with Crippen molar-refractivity contribution < 1.29 is 80.2 Å². The van der Waals surface area contributed by atoms with Crippen molar-refractivity contribution in [3.8, 4) is 0 Å². The number of ether oxygens (including phenoxy) is 4. The Balaban J connectivity index is 5.44. The van der Waals surface area contributed by atoms with Crippen molar-refractivity contribution in [2.45, 2.75) is 303 Å². The van der Waals surface area contributed by atoms with Gasteiger partial charge in [0.15, 0.2) is 12.2 Å². The molecule has 17 nitrogen and oxygen atoms in total. The monoisotopic (exact) mass is 1490 g/mol. The number of allylic oxidation sites excluding steroid dienone is 28. The van der Waals surface area contributed by atoms with Crippen molar-refractivity contribution in [2.75, 3.05) is 39.6 Å². The van der Waals surface area contributed by atoms with Crippen LogP contribution in [0.5, 0.6) is 0 Å². The predicted molar refractivity (Wildman–Crippen MR) is 426 cm³/mol. The number of unbranched alkanes of at least 4 members (excludes halogenated alkanes) is 18. The number of phosphoric ester groups is 2. The van der Waals surface area contributed by atoms with E-state index in [9.17, 15) is 43.2 Å². The first-order valence-electron chi connectivity index (χ1n) is 39.4. The molecule has 0 bridgehead atoms. The number of aliphatic hydroxyl groups excluding tert-OH is 1. The van der Waals surface area contributed by atoms with Gasteiger partial charge >= 0.3 is 39.5 Å². The van der Waals surface area contributed by atoms with Crippen molar-refractivity contribution in [2.24, 2.45) is 0 Å². The largest absolute Gasteiger partial charge is 0.472 e.